The van der Waals surface area contributed by atoms with Crippen LogP contribution in [0, 0.1) is 0 Å². The van der Waals surface area contributed by atoms with Gasteiger partial charge in [0.1, 0.15) is 5.75 Å². The number of phenolic OH excluding ortho intramolecular Hbond substituents is 1. The van der Waals surface area contributed by atoms with Crippen molar-refractivity contribution in [1.29, 1.82) is 0 Å². The van der Waals surface area contributed by atoms with Gasteiger partial charge in [0.15, 0.2) is 5.82 Å². The molecule has 0 amide bonds. The monoisotopic (exact) mass is 298 g/mol. The molecule has 0 bridgehead atoms. The fourth-order valence-corrected chi connectivity index (χ4v) is 1.72. The van der Waals surface area contributed by atoms with Crippen molar-refractivity contribution in [3.8, 4) is 17.2 Å². The second-order valence-corrected chi connectivity index (χ2v) is 4.47. The number of rotatable bonds is 7. The Kier molecular flexibility index (Phi) is 5.34. The number of nitrogens with zero attached hydrogens (tertiary/aromatic N) is 2. The highest BCUT2D eigenvalue weighted by atomic mass is 35.5. The number of aromatic nitrogens is 2. The summed E-state index contributed by atoms with van der Waals surface area (Å²) in [5.41, 5.74) is 0.413. The molecular weight excluding hydrogens is 284 g/mol. The number of ether oxygens (including phenoxy) is 2. The predicted molar refractivity (Wildman–Crippen MR) is 72.8 cm³/mol. The summed E-state index contributed by atoms with van der Waals surface area (Å²) >= 11 is 5.87. The van der Waals surface area contributed by atoms with Gasteiger partial charge in [-0.05, 0) is 18.2 Å². The van der Waals surface area contributed by atoms with E-state index in [1.54, 1.807) is 19.2 Å². The van der Waals surface area contributed by atoms with E-state index in [1.165, 1.54) is 6.07 Å². The first-order chi connectivity index (χ1) is 9.70. The molecule has 0 aliphatic rings. The van der Waals surface area contributed by atoms with Crippen molar-refractivity contribution in [2.24, 2.45) is 0 Å². The van der Waals surface area contributed by atoms with Crippen LogP contribution in [0.4, 0.5) is 0 Å². The molecule has 0 fully saturated rings. The average Bonchev–Trinajstić information content (AvgIpc) is 2.90. The normalized spacial score (nSPS) is 10.9. The van der Waals surface area contributed by atoms with Gasteiger partial charge in [-0.15, -0.1) is 0 Å². The SMILES string of the molecule is COCCOCCc1noc(-c2cc(Cl)ccc2O)n1. The topological polar surface area (TPSA) is 77.6 Å². The van der Waals surface area contributed by atoms with Crippen LogP contribution >= 0.6 is 11.6 Å². The summed E-state index contributed by atoms with van der Waals surface area (Å²) in [7, 11) is 1.62. The zero-order valence-corrected chi connectivity index (χ0v) is 11.8. The lowest BCUT2D eigenvalue weighted by atomic mass is 10.2. The smallest absolute Gasteiger partial charge is 0.261 e. The molecule has 0 spiro atoms. The molecule has 1 heterocycles. The Morgan fingerprint density at radius 3 is 2.95 bits per heavy atom. The van der Waals surface area contributed by atoms with Crippen LogP contribution in [0.2, 0.25) is 5.02 Å². The average molecular weight is 299 g/mol. The van der Waals surface area contributed by atoms with E-state index in [9.17, 15) is 5.11 Å². The van der Waals surface area contributed by atoms with Gasteiger partial charge in [-0.3, -0.25) is 0 Å². The van der Waals surface area contributed by atoms with Crippen molar-refractivity contribution in [3.63, 3.8) is 0 Å². The zero-order chi connectivity index (χ0) is 14.4. The van der Waals surface area contributed by atoms with Gasteiger partial charge in [0, 0.05) is 18.6 Å². The van der Waals surface area contributed by atoms with Gasteiger partial charge in [-0.2, -0.15) is 4.98 Å². The van der Waals surface area contributed by atoms with E-state index in [0.717, 1.165) is 0 Å². The maximum atomic E-state index is 9.75. The summed E-state index contributed by atoms with van der Waals surface area (Å²) in [6, 6.07) is 4.64. The lowest BCUT2D eigenvalue weighted by Crippen LogP contribution is -2.05. The number of halogens is 1. The molecule has 0 saturated carbocycles. The summed E-state index contributed by atoms with van der Waals surface area (Å²) in [5.74, 6) is 0.787. The molecule has 0 unspecified atom stereocenters. The number of aromatic hydroxyl groups is 1. The number of benzene rings is 1. The zero-order valence-electron chi connectivity index (χ0n) is 11.0. The van der Waals surface area contributed by atoms with E-state index >= 15 is 0 Å². The van der Waals surface area contributed by atoms with Crippen molar-refractivity contribution in [2.45, 2.75) is 6.42 Å². The van der Waals surface area contributed by atoms with Gasteiger partial charge in [0.05, 0.1) is 25.4 Å². The van der Waals surface area contributed by atoms with Crippen molar-refractivity contribution < 1.29 is 19.1 Å². The van der Waals surface area contributed by atoms with E-state index < -0.39 is 0 Å². The fourth-order valence-electron chi connectivity index (χ4n) is 1.55. The van der Waals surface area contributed by atoms with Gasteiger partial charge < -0.3 is 19.1 Å². The minimum absolute atomic E-state index is 0.0425. The van der Waals surface area contributed by atoms with Crippen LogP contribution in [-0.2, 0) is 15.9 Å². The third-order valence-corrected chi connectivity index (χ3v) is 2.79. The summed E-state index contributed by atoms with van der Waals surface area (Å²) < 4.78 is 15.3. The molecule has 108 valence electrons. The van der Waals surface area contributed by atoms with Crippen molar-refractivity contribution >= 4 is 11.6 Å². The maximum absolute atomic E-state index is 9.75. The minimum Gasteiger partial charge on any atom is -0.507 e. The summed E-state index contributed by atoms with van der Waals surface area (Å²) in [4.78, 5) is 4.19. The van der Waals surface area contributed by atoms with Crippen LogP contribution in [-0.4, -0.2) is 42.2 Å². The quantitative estimate of drug-likeness (QED) is 0.790. The van der Waals surface area contributed by atoms with Crippen LogP contribution in [0.1, 0.15) is 5.82 Å². The molecule has 20 heavy (non-hydrogen) atoms. The molecule has 1 N–H and O–H groups in total. The first-order valence-electron chi connectivity index (χ1n) is 6.09. The lowest BCUT2D eigenvalue weighted by molar-refractivity contribution is 0.0714. The minimum atomic E-state index is 0.0425. The van der Waals surface area contributed by atoms with E-state index in [-0.39, 0.29) is 11.6 Å². The summed E-state index contributed by atoms with van der Waals surface area (Å²) in [6.07, 6.45) is 0.522. The van der Waals surface area contributed by atoms with E-state index in [1.807, 2.05) is 0 Å². The van der Waals surface area contributed by atoms with Gasteiger partial charge in [0.25, 0.3) is 5.89 Å². The second kappa shape index (κ2) is 7.23. The lowest BCUT2D eigenvalue weighted by Gasteiger charge is -2.00. The first kappa shape index (κ1) is 14.8. The Morgan fingerprint density at radius 1 is 1.30 bits per heavy atom. The predicted octanol–water partition coefficient (Wildman–Crippen LogP) is 2.30. The van der Waals surface area contributed by atoms with E-state index in [2.05, 4.69) is 10.1 Å². The molecule has 0 radical (unpaired) electrons. The molecule has 2 aromatic rings. The van der Waals surface area contributed by atoms with Gasteiger partial charge in [0.2, 0.25) is 0 Å². The third-order valence-electron chi connectivity index (χ3n) is 2.56. The molecule has 0 aliphatic carbocycles. The molecule has 1 aromatic carbocycles. The number of phenols is 1. The fraction of sp³-hybridized carbons (Fsp3) is 0.385. The number of hydrogen-bond acceptors (Lipinski definition) is 6. The van der Waals surface area contributed by atoms with Crippen LogP contribution in [0.3, 0.4) is 0 Å². The third kappa shape index (κ3) is 3.93. The van der Waals surface area contributed by atoms with Crippen molar-refractivity contribution in [3.05, 3.63) is 29.0 Å². The van der Waals surface area contributed by atoms with Crippen LogP contribution in [0.5, 0.6) is 5.75 Å². The summed E-state index contributed by atoms with van der Waals surface area (Å²) in [5, 5.41) is 14.1. The largest absolute Gasteiger partial charge is 0.507 e. The molecule has 1 aromatic heterocycles. The molecule has 0 atom stereocenters. The molecular formula is C13H15ClN2O4. The van der Waals surface area contributed by atoms with Crippen molar-refractivity contribution in [2.75, 3.05) is 26.9 Å². The number of methoxy groups -OCH3 is 1. The molecule has 6 nitrogen and oxygen atoms in total. The van der Waals surface area contributed by atoms with Gasteiger partial charge in [-0.1, -0.05) is 16.8 Å². The standard InChI is InChI=1S/C13H15ClN2O4/c1-18-6-7-19-5-4-12-15-13(20-16-12)10-8-9(14)2-3-11(10)17/h2-3,8,17H,4-7H2,1H3. The van der Waals surface area contributed by atoms with Gasteiger partial charge >= 0.3 is 0 Å². The highest BCUT2D eigenvalue weighted by molar-refractivity contribution is 6.30. The molecule has 0 saturated heterocycles. The summed E-state index contributed by atoms with van der Waals surface area (Å²) in [6.45, 7) is 1.55. The Balaban J connectivity index is 1.96. The Labute approximate surface area is 121 Å². The van der Waals surface area contributed by atoms with E-state index in [0.29, 0.717) is 42.7 Å². The Bertz CT molecular complexity index is 559. The Morgan fingerprint density at radius 2 is 2.15 bits per heavy atom. The van der Waals surface area contributed by atoms with Crippen LogP contribution in [0.15, 0.2) is 22.7 Å². The molecule has 2 rings (SSSR count). The maximum Gasteiger partial charge on any atom is 0.261 e. The van der Waals surface area contributed by atoms with Crippen molar-refractivity contribution in [1.82, 2.24) is 10.1 Å². The number of hydrogen-bond donors (Lipinski definition) is 1. The van der Waals surface area contributed by atoms with Crippen LogP contribution in [0.25, 0.3) is 11.5 Å². The van der Waals surface area contributed by atoms with Gasteiger partial charge in [-0.25, -0.2) is 0 Å². The molecule has 7 heteroatoms. The highest BCUT2D eigenvalue weighted by Crippen LogP contribution is 2.30. The van der Waals surface area contributed by atoms with Crippen LogP contribution < -0.4 is 0 Å². The first-order valence-corrected chi connectivity index (χ1v) is 6.46. The Hall–Kier alpha value is -1.63. The highest BCUT2D eigenvalue weighted by Gasteiger charge is 2.13. The van der Waals surface area contributed by atoms with E-state index in [4.69, 9.17) is 25.6 Å². The molecule has 0 aliphatic heterocycles. The second-order valence-electron chi connectivity index (χ2n) is 4.03.